The maximum Gasteiger partial charge on any atom is 0.233 e. The molecule has 1 heterocycles. The maximum absolute atomic E-state index is 14.8. The van der Waals surface area contributed by atoms with Crippen molar-refractivity contribution in [2.75, 3.05) is 22.6 Å². The molecule has 8 nitrogen and oxygen atoms in total. The molecule has 0 unspecified atom stereocenters. The van der Waals surface area contributed by atoms with Gasteiger partial charge >= 0.3 is 0 Å². The second-order valence-electron chi connectivity index (χ2n) is 6.64. The van der Waals surface area contributed by atoms with Crippen LogP contribution in [-0.4, -0.2) is 26.3 Å². The lowest BCUT2D eigenvalue weighted by Crippen LogP contribution is -2.28. The van der Waals surface area contributed by atoms with E-state index in [-0.39, 0.29) is 17.4 Å². The molecule has 158 valence electrons. The molecule has 0 saturated heterocycles. The summed E-state index contributed by atoms with van der Waals surface area (Å²) in [5, 5.41) is 0.639. The number of nitrogens with one attached hydrogen (secondary N) is 1. The molecule has 0 spiro atoms. The predicted molar refractivity (Wildman–Crippen MR) is 108 cm³/mol. The van der Waals surface area contributed by atoms with Crippen molar-refractivity contribution in [3.05, 3.63) is 54.0 Å². The molecule has 0 bridgehead atoms. The minimum absolute atomic E-state index is 0.0588. The Morgan fingerprint density at radius 1 is 1.34 bits per heavy atom. The Bertz CT molecular complexity index is 1010. The molecule has 1 aromatic carbocycles. The van der Waals surface area contributed by atoms with Crippen LogP contribution in [-0.2, 0) is 10.0 Å². The average molecular weight is 427 g/mol. The molecular formula is C18H23F2N5O3S. The minimum Gasteiger partial charge on any atom is -0.495 e. The first-order valence-electron chi connectivity index (χ1n) is 8.53. The number of halogens is 2. The summed E-state index contributed by atoms with van der Waals surface area (Å²) in [6, 6.07) is 3.46. The third-order valence-corrected chi connectivity index (χ3v) is 5.34. The summed E-state index contributed by atoms with van der Waals surface area (Å²) in [7, 11) is -2.37. The van der Waals surface area contributed by atoms with Crippen molar-refractivity contribution in [1.29, 1.82) is 0 Å². The van der Waals surface area contributed by atoms with Crippen molar-refractivity contribution < 1.29 is 21.9 Å². The van der Waals surface area contributed by atoms with Gasteiger partial charge < -0.3 is 10.5 Å². The van der Waals surface area contributed by atoms with Crippen LogP contribution in [0.2, 0.25) is 0 Å². The Morgan fingerprint density at radius 2 is 2.03 bits per heavy atom. The van der Waals surface area contributed by atoms with Gasteiger partial charge in [0.2, 0.25) is 10.0 Å². The standard InChI is InChI=1S/C18H23F2N5O3S/c1-11(2)10-29(26,27)24-16-5-4-14(19)18(17(16)20)25(22)9-15(21)12-6-13(28-3)8-23-7-12/h4-9,11,24H,10,21-22H2,1-3H3/b15-9-. The number of ether oxygens (including phenoxy) is 1. The third-order valence-electron chi connectivity index (χ3n) is 3.70. The molecule has 0 saturated carbocycles. The van der Waals surface area contributed by atoms with Gasteiger partial charge in [-0.2, -0.15) is 0 Å². The number of rotatable bonds is 8. The van der Waals surface area contributed by atoms with E-state index in [1.807, 2.05) is 0 Å². The van der Waals surface area contributed by atoms with Crippen molar-refractivity contribution >= 4 is 27.1 Å². The smallest absolute Gasteiger partial charge is 0.233 e. The van der Waals surface area contributed by atoms with Crippen LogP contribution < -0.4 is 26.0 Å². The lowest BCUT2D eigenvalue weighted by Gasteiger charge is -2.19. The Morgan fingerprint density at radius 3 is 2.66 bits per heavy atom. The lowest BCUT2D eigenvalue weighted by molar-refractivity contribution is 0.412. The Hall–Kier alpha value is -2.92. The molecule has 0 fully saturated rings. The van der Waals surface area contributed by atoms with Gasteiger partial charge in [0.25, 0.3) is 0 Å². The molecule has 0 aliphatic rings. The zero-order chi connectivity index (χ0) is 21.8. The van der Waals surface area contributed by atoms with Gasteiger partial charge in [-0.3, -0.25) is 14.7 Å². The number of sulfonamides is 1. The predicted octanol–water partition coefficient (Wildman–Crippen LogP) is 2.40. The van der Waals surface area contributed by atoms with Crippen LogP contribution in [0.4, 0.5) is 20.2 Å². The molecule has 11 heteroatoms. The molecule has 2 rings (SSSR count). The van der Waals surface area contributed by atoms with E-state index in [1.54, 1.807) is 19.9 Å². The van der Waals surface area contributed by atoms with Gasteiger partial charge in [-0.1, -0.05) is 13.8 Å². The molecule has 1 aromatic heterocycles. The number of pyridine rings is 1. The Kier molecular flexibility index (Phi) is 6.98. The zero-order valence-electron chi connectivity index (χ0n) is 16.2. The van der Waals surface area contributed by atoms with Gasteiger partial charge in [0.15, 0.2) is 11.6 Å². The number of aromatic nitrogens is 1. The molecule has 5 N–H and O–H groups in total. The van der Waals surface area contributed by atoms with Gasteiger partial charge in [-0.25, -0.2) is 23.0 Å². The molecule has 0 atom stereocenters. The summed E-state index contributed by atoms with van der Waals surface area (Å²) >= 11 is 0. The van der Waals surface area contributed by atoms with E-state index < -0.39 is 33.0 Å². The molecule has 0 radical (unpaired) electrons. The van der Waals surface area contributed by atoms with Gasteiger partial charge in [0.1, 0.15) is 11.4 Å². The molecule has 2 aromatic rings. The SMILES string of the molecule is COc1cncc(/C(N)=C/N(N)c2c(F)ccc(NS(=O)(=O)CC(C)C)c2F)c1. The first-order valence-corrected chi connectivity index (χ1v) is 10.2. The number of nitrogens with two attached hydrogens (primary N) is 2. The average Bonchev–Trinajstić information content (AvgIpc) is 2.63. The summed E-state index contributed by atoms with van der Waals surface area (Å²) < 4.78 is 60.4. The summed E-state index contributed by atoms with van der Waals surface area (Å²) in [4.78, 5) is 3.94. The number of hydrazine groups is 1. The number of nitrogens with zero attached hydrogens (tertiary/aromatic N) is 2. The van der Waals surface area contributed by atoms with Crippen LogP contribution in [0.25, 0.3) is 5.70 Å². The summed E-state index contributed by atoms with van der Waals surface area (Å²) in [6.07, 6.45) is 3.97. The van der Waals surface area contributed by atoms with Crippen molar-refractivity contribution in [1.82, 2.24) is 4.98 Å². The Labute approximate surface area is 168 Å². The second kappa shape index (κ2) is 9.05. The van der Waals surface area contributed by atoms with E-state index in [0.29, 0.717) is 16.3 Å². The number of anilines is 2. The fourth-order valence-electron chi connectivity index (χ4n) is 2.48. The number of hydrogen-bond acceptors (Lipinski definition) is 7. The third kappa shape index (κ3) is 5.78. The first kappa shape index (κ1) is 22.4. The summed E-state index contributed by atoms with van der Waals surface area (Å²) in [6.45, 7) is 3.41. The van der Waals surface area contributed by atoms with Crippen LogP contribution in [0.3, 0.4) is 0 Å². The zero-order valence-corrected chi connectivity index (χ0v) is 17.0. The highest BCUT2D eigenvalue weighted by Crippen LogP contribution is 2.29. The molecule has 0 aliphatic heterocycles. The van der Waals surface area contributed by atoms with E-state index in [9.17, 15) is 17.2 Å². The molecule has 0 amide bonds. The van der Waals surface area contributed by atoms with Crippen LogP contribution in [0.15, 0.2) is 36.8 Å². The molecular weight excluding hydrogens is 404 g/mol. The quantitative estimate of drug-likeness (QED) is 0.437. The highest BCUT2D eigenvalue weighted by molar-refractivity contribution is 7.92. The fraction of sp³-hybridized carbons (Fsp3) is 0.278. The normalized spacial score (nSPS) is 12.2. The highest BCUT2D eigenvalue weighted by atomic mass is 32.2. The highest BCUT2D eigenvalue weighted by Gasteiger charge is 2.21. The maximum atomic E-state index is 14.8. The van der Waals surface area contributed by atoms with E-state index >= 15 is 0 Å². The summed E-state index contributed by atoms with van der Waals surface area (Å²) in [5.41, 5.74) is 5.31. The topological polar surface area (TPSA) is 124 Å². The van der Waals surface area contributed by atoms with Crippen LogP contribution in [0, 0.1) is 17.6 Å². The van der Waals surface area contributed by atoms with E-state index in [4.69, 9.17) is 16.3 Å². The van der Waals surface area contributed by atoms with E-state index in [1.165, 1.54) is 19.5 Å². The molecule has 0 aliphatic carbocycles. The van der Waals surface area contributed by atoms with Crippen molar-refractivity contribution in [3.8, 4) is 5.75 Å². The Balaban J connectivity index is 2.38. The first-order chi connectivity index (χ1) is 13.5. The second-order valence-corrected chi connectivity index (χ2v) is 8.41. The van der Waals surface area contributed by atoms with Crippen LogP contribution in [0.5, 0.6) is 5.75 Å². The number of hydrogen-bond donors (Lipinski definition) is 3. The number of benzene rings is 1. The van der Waals surface area contributed by atoms with Gasteiger partial charge in [0.05, 0.1) is 30.4 Å². The van der Waals surface area contributed by atoms with Gasteiger partial charge in [-0.15, -0.1) is 0 Å². The van der Waals surface area contributed by atoms with Gasteiger partial charge in [-0.05, 0) is 24.1 Å². The lowest BCUT2D eigenvalue weighted by atomic mass is 10.2. The number of methoxy groups -OCH3 is 1. The fourth-order valence-corrected chi connectivity index (χ4v) is 3.94. The largest absolute Gasteiger partial charge is 0.495 e. The van der Waals surface area contributed by atoms with Crippen molar-refractivity contribution in [2.45, 2.75) is 13.8 Å². The van der Waals surface area contributed by atoms with Crippen LogP contribution in [0.1, 0.15) is 19.4 Å². The van der Waals surface area contributed by atoms with Crippen molar-refractivity contribution in [2.24, 2.45) is 17.5 Å². The minimum atomic E-state index is -3.82. The van der Waals surface area contributed by atoms with Gasteiger partial charge in [0, 0.05) is 18.0 Å². The monoisotopic (exact) mass is 427 g/mol. The van der Waals surface area contributed by atoms with E-state index in [0.717, 1.165) is 18.3 Å². The molecule has 29 heavy (non-hydrogen) atoms. The van der Waals surface area contributed by atoms with E-state index in [2.05, 4.69) is 9.71 Å². The van der Waals surface area contributed by atoms with Crippen molar-refractivity contribution in [3.63, 3.8) is 0 Å². The van der Waals surface area contributed by atoms with Crippen LogP contribution >= 0.6 is 0 Å². The summed E-state index contributed by atoms with van der Waals surface area (Å²) in [5.74, 6) is 3.65.